The van der Waals surface area contributed by atoms with Crippen molar-refractivity contribution in [2.24, 2.45) is 0 Å². The lowest BCUT2D eigenvalue weighted by atomic mass is 10.0. The third-order valence-electron chi connectivity index (χ3n) is 2.56. The molecule has 0 bridgehead atoms. The minimum Gasteiger partial charge on any atom is -0.133 e. The standard InChI is InChI=1S/C13H11BrCl2S/c1-7-3-9(5-10(15)4-7)13(16)11-6-12(14)17-8(11)2/h3-6,13H,1-2H3. The number of halogens is 3. The molecule has 0 N–H and O–H groups in total. The molecule has 0 spiro atoms. The van der Waals surface area contributed by atoms with Crippen LogP contribution in [0.5, 0.6) is 0 Å². The largest absolute Gasteiger partial charge is 0.133 e. The Bertz CT molecular complexity index is 528. The summed E-state index contributed by atoms with van der Waals surface area (Å²) >= 11 is 17.8. The molecule has 0 amide bonds. The molecule has 1 heterocycles. The van der Waals surface area contributed by atoms with Crippen molar-refractivity contribution < 1.29 is 0 Å². The zero-order chi connectivity index (χ0) is 12.6. The van der Waals surface area contributed by atoms with Gasteiger partial charge in [-0.05, 0) is 64.7 Å². The van der Waals surface area contributed by atoms with Crippen molar-refractivity contribution in [1.29, 1.82) is 0 Å². The van der Waals surface area contributed by atoms with Crippen molar-refractivity contribution in [2.45, 2.75) is 19.2 Å². The highest BCUT2D eigenvalue weighted by Crippen LogP contribution is 2.38. The van der Waals surface area contributed by atoms with E-state index in [0.29, 0.717) is 0 Å². The van der Waals surface area contributed by atoms with E-state index >= 15 is 0 Å². The third kappa shape index (κ3) is 3.05. The van der Waals surface area contributed by atoms with Crippen LogP contribution >= 0.6 is 50.5 Å². The highest BCUT2D eigenvalue weighted by atomic mass is 79.9. The monoisotopic (exact) mass is 348 g/mol. The number of thiophene rings is 1. The fourth-order valence-electron chi connectivity index (χ4n) is 1.80. The van der Waals surface area contributed by atoms with Gasteiger partial charge in [-0.25, -0.2) is 0 Å². The maximum absolute atomic E-state index is 6.52. The summed E-state index contributed by atoms with van der Waals surface area (Å²) in [5.74, 6) is 0. The molecule has 2 rings (SSSR count). The van der Waals surface area contributed by atoms with Crippen molar-refractivity contribution in [3.63, 3.8) is 0 Å². The van der Waals surface area contributed by atoms with Gasteiger partial charge in [0, 0.05) is 9.90 Å². The fourth-order valence-corrected chi connectivity index (χ4v) is 4.26. The molecule has 0 saturated heterocycles. The van der Waals surface area contributed by atoms with Gasteiger partial charge in [0.25, 0.3) is 0 Å². The number of alkyl halides is 1. The van der Waals surface area contributed by atoms with Crippen molar-refractivity contribution in [3.8, 4) is 0 Å². The lowest BCUT2D eigenvalue weighted by Gasteiger charge is -2.11. The van der Waals surface area contributed by atoms with Crippen molar-refractivity contribution in [2.75, 3.05) is 0 Å². The van der Waals surface area contributed by atoms with Crippen LogP contribution in [0.1, 0.15) is 26.9 Å². The van der Waals surface area contributed by atoms with E-state index in [1.807, 2.05) is 19.1 Å². The summed E-state index contributed by atoms with van der Waals surface area (Å²) in [6.45, 7) is 4.10. The molecule has 1 aromatic carbocycles. The predicted molar refractivity (Wildman–Crippen MR) is 80.6 cm³/mol. The molecule has 0 aliphatic heterocycles. The van der Waals surface area contributed by atoms with Gasteiger partial charge in [-0.3, -0.25) is 0 Å². The molecule has 17 heavy (non-hydrogen) atoms. The zero-order valence-electron chi connectivity index (χ0n) is 9.43. The SMILES string of the molecule is Cc1cc(Cl)cc(C(Cl)c2cc(Br)sc2C)c1. The predicted octanol–water partition coefficient (Wildman–Crippen LogP) is 6.11. The van der Waals surface area contributed by atoms with E-state index in [1.54, 1.807) is 11.3 Å². The first-order valence-electron chi connectivity index (χ1n) is 5.14. The van der Waals surface area contributed by atoms with Crippen LogP contribution in [0.25, 0.3) is 0 Å². The lowest BCUT2D eigenvalue weighted by Crippen LogP contribution is -1.94. The van der Waals surface area contributed by atoms with Gasteiger partial charge in [0.2, 0.25) is 0 Å². The summed E-state index contributed by atoms with van der Waals surface area (Å²) in [6, 6.07) is 8.02. The zero-order valence-corrected chi connectivity index (χ0v) is 13.3. The minimum absolute atomic E-state index is 0.144. The molecule has 1 unspecified atom stereocenters. The molecular weight excluding hydrogens is 339 g/mol. The van der Waals surface area contributed by atoms with Crippen LogP contribution in [-0.2, 0) is 0 Å². The average molecular weight is 350 g/mol. The smallest absolute Gasteiger partial charge is 0.0847 e. The van der Waals surface area contributed by atoms with E-state index in [4.69, 9.17) is 23.2 Å². The van der Waals surface area contributed by atoms with E-state index in [2.05, 4.69) is 35.0 Å². The van der Waals surface area contributed by atoms with Crippen LogP contribution in [0.2, 0.25) is 5.02 Å². The van der Waals surface area contributed by atoms with Crippen LogP contribution in [-0.4, -0.2) is 0 Å². The molecule has 1 aromatic heterocycles. The molecule has 0 saturated carbocycles. The van der Waals surface area contributed by atoms with Crippen LogP contribution in [0.15, 0.2) is 28.1 Å². The second-order valence-corrected chi connectivity index (χ2v) is 7.49. The number of benzene rings is 1. The van der Waals surface area contributed by atoms with Gasteiger partial charge in [0.1, 0.15) is 0 Å². The normalized spacial score (nSPS) is 12.8. The van der Waals surface area contributed by atoms with Crippen molar-refractivity contribution in [1.82, 2.24) is 0 Å². The molecule has 0 fully saturated rings. The average Bonchev–Trinajstić information content (AvgIpc) is 2.55. The molecular formula is C13H11BrCl2S. The summed E-state index contributed by atoms with van der Waals surface area (Å²) in [5.41, 5.74) is 3.32. The van der Waals surface area contributed by atoms with E-state index < -0.39 is 0 Å². The van der Waals surface area contributed by atoms with Gasteiger partial charge in [0.05, 0.1) is 9.16 Å². The highest BCUT2D eigenvalue weighted by molar-refractivity contribution is 9.11. The maximum atomic E-state index is 6.52. The second-order valence-electron chi connectivity index (χ2n) is 3.99. The highest BCUT2D eigenvalue weighted by Gasteiger charge is 2.16. The quantitative estimate of drug-likeness (QED) is 0.574. The molecule has 0 nitrogen and oxygen atoms in total. The lowest BCUT2D eigenvalue weighted by molar-refractivity contribution is 1.13. The van der Waals surface area contributed by atoms with Crippen LogP contribution in [0.4, 0.5) is 0 Å². The Morgan fingerprint density at radius 1 is 1.18 bits per heavy atom. The van der Waals surface area contributed by atoms with Crippen molar-refractivity contribution >= 4 is 50.5 Å². The Balaban J connectivity index is 2.43. The molecule has 90 valence electrons. The minimum atomic E-state index is -0.144. The first-order chi connectivity index (χ1) is 7.97. The van der Waals surface area contributed by atoms with E-state index in [1.165, 1.54) is 4.88 Å². The summed E-state index contributed by atoms with van der Waals surface area (Å²) in [4.78, 5) is 1.23. The molecule has 0 radical (unpaired) electrons. The van der Waals surface area contributed by atoms with Gasteiger partial charge in [-0.2, -0.15) is 0 Å². The van der Waals surface area contributed by atoms with Gasteiger partial charge in [0.15, 0.2) is 0 Å². The molecule has 2 aromatic rings. The van der Waals surface area contributed by atoms with E-state index in [-0.39, 0.29) is 5.38 Å². The Morgan fingerprint density at radius 3 is 2.41 bits per heavy atom. The van der Waals surface area contributed by atoms with Crippen molar-refractivity contribution in [3.05, 3.63) is 54.6 Å². The van der Waals surface area contributed by atoms with E-state index in [9.17, 15) is 0 Å². The first kappa shape index (κ1) is 13.4. The van der Waals surface area contributed by atoms with Crippen LogP contribution in [0, 0.1) is 13.8 Å². The van der Waals surface area contributed by atoms with Crippen LogP contribution in [0.3, 0.4) is 0 Å². The number of hydrogen-bond acceptors (Lipinski definition) is 1. The van der Waals surface area contributed by atoms with Gasteiger partial charge < -0.3 is 0 Å². The summed E-state index contributed by atoms with van der Waals surface area (Å²) in [7, 11) is 0. The van der Waals surface area contributed by atoms with Crippen LogP contribution < -0.4 is 0 Å². The summed E-state index contributed by atoms with van der Waals surface area (Å²) in [6.07, 6.45) is 0. The fraction of sp³-hybridized carbons (Fsp3) is 0.231. The Hall–Kier alpha value is -0.0200. The second kappa shape index (κ2) is 5.31. The molecule has 0 aliphatic rings. The maximum Gasteiger partial charge on any atom is 0.0847 e. The molecule has 1 atom stereocenters. The summed E-state index contributed by atoms with van der Waals surface area (Å²) < 4.78 is 1.11. The van der Waals surface area contributed by atoms with Gasteiger partial charge in [-0.1, -0.05) is 17.7 Å². The topological polar surface area (TPSA) is 0 Å². The Kier molecular flexibility index (Phi) is 4.19. The number of rotatable bonds is 2. The Morgan fingerprint density at radius 2 is 1.88 bits per heavy atom. The number of hydrogen-bond donors (Lipinski definition) is 0. The van der Waals surface area contributed by atoms with E-state index in [0.717, 1.165) is 25.5 Å². The molecule has 4 heteroatoms. The molecule has 0 aliphatic carbocycles. The Labute approximate surface area is 124 Å². The van der Waals surface area contributed by atoms with Gasteiger partial charge in [-0.15, -0.1) is 22.9 Å². The first-order valence-corrected chi connectivity index (χ1v) is 7.57. The number of aryl methyl sites for hydroxylation is 2. The van der Waals surface area contributed by atoms with Gasteiger partial charge >= 0.3 is 0 Å². The summed E-state index contributed by atoms with van der Waals surface area (Å²) in [5, 5.41) is 0.590. The third-order valence-corrected chi connectivity index (χ3v) is 4.83.